The fourth-order valence-electron chi connectivity index (χ4n) is 2.52. The van der Waals surface area contributed by atoms with E-state index in [1.54, 1.807) is 24.3 Å². The molecule has 0 bridgehead atoms. The summed E-state index contributed by atoms with van der Waals surface area (Å²) in [7, 11) is 0. The second kappa shape index (κ2) is 6.43. The number of carbonyl (C=O) groups excluding carboxylic acids is 2. The zero-order chi connectivity index (χ0) is 15.4. The molecular formula is C16H17N3O3. The Morgan fingerprint density at radius 2 is 1.82 bits per heavy atom. The average Bonchev–Trinajstić information content (AvgIpc) is 3.20. The summed E-state index contributed by atoms with van der Waals surface area (Å²) in [5, 5.41) is 5.45. The van der Waals surface area contributed by atoms with Crippen LogP contribution >= 0.6 is 0 Å². The summed E-state index contributed by atoms with van der Waals surface area (Å²) in [5.74, 6) is -0.596. The second-order valence-corrected chi connectivity index (χ2v) is 5.31. The van der Waals surface area contributed by atoms with Gasteiger partial charge >= 0.3 is 6.01 Å². The minimum Gasteiger partial charge on any atom is -0.431 e. The first-order chi connectivity index (χ1) is 10.7. The molecule has 0 saturated heterocycles. The number of amides is 2. The zero-order valence-electron chi connectivity index (χ0n) is 12.0. The molecule has 0 spiro atoms. The molecule has 1 aromatic heterocycles. The van der Waals surface area contributed by atoms with E-state index in [1.807, 2.05) is 6.07 Å². The number of nitrogens with one attached hydrogen (secondary N) is 2. The number of anilines is 1. The number of nitrogens with zero attached hydrogens (tertiary/aromatic N) is 1. The van der Waals surface area contributed by atoms with Crippen LogP contribution in [0.3, 0.4) is 0 Å². The highest BCUT2D eigenvalue weighted by Gasteiger charge is 2.20. The van der Waals surface area contributed by atoms with Crippen molar-refractivity contribution >= 4 is 17.8 Å². The second-order valence-electron chi connectivity index (χ2n) is 5.31. The van der Waals surface area contributed by atoms with Gasteiger partial charge in [-0.3, -0.25) is 14.9 Å². The van der Waals surface area contributed by atoms with Gasteiger partial charge in [0.05, 0.1) is 0 Å². The topological polar surface area (TPSA) is 84.2 Å². The van der Waals surface area contributed by atoms with Gasteiger partial charge in [-0.1, -0.05) is 31.0 Å². The van der Waals surface area contributed by atoms with E-state index < -0.39 is 0 Å². The first kappa shape index (κ1) is 14.3. The van der Waals surface area contributed by atoms with E-state index in [2.05, 4.69) is 15.6 Å². The molecule has 1 saturated carbocycles. The Morgan fingerprint density at radius 1 is 1.09 bits per heavy atom. The third kappa shape index (κ3) is 3.33. The van der Waals surface area contributed by atoms with E-state index in [9.17, 15) is 9.59 Å². The van der Waals surface area contributed by atoms with Gasteiger partial charge < -0.3 is 9.73 Å². The number of hydrogen-bond donors (Lipinski definition) is 2. The summed E-state index contributed by atoms with van der Waals surface area (Å²) < 4.78 is 5.14. The maximum atomic E-state index is 12.0. The summed E-state index contributed by atoms with van der Waals surface area (Å²) in [4.78, 5) is 28.0. The molecule has 1 aliphatic carbocycles. The molecule has 1 fully saturated rings. The molecule has 2 N–H and O–H groups in total. The molecule has 0 atom stereocenters. The lowest BCUT2D eigenvalue weighted by Gasteiger charge is -2.09. The van der Waals surface area contributed by atoms with Crippen LogP contribution in [-0.4, -0.2) is 22.8 Å². The number of oxazole rings is 1. The Labute approximate surface area is 127 Å². The number of benzene rings is 1. The normalized spacial score (nSPS) is 14.7. The van der Waals surface area contributed by atoms with Crippen molar-refractivity contribution in [3.05, 3.63) is 47.9 Å². The molecule has 22 heavy (non-hydrogen) atoms. The molecule has 0 aliphatic heterocycles. The van der Waals surface area contributed by atoms with Gasteiger partial charge in [0.2, 0.25) is 0 Å². The van der Waals surface area contributed by atoms with Gasteiger partial charge in [-0.05, 0) is 25.0 Å². The van der Waals surface area contributed by atoms with E-state index >= 15 is 0 Å². The molecule has 1 aliphatic rings. The van der Waals surface area contributed by atoms with Gasteiger partial charge in [-0.25, -0.2) is 0 Å². The van der Waals surface area contributed by atoms with E-state index in [-0.39, 0.29) is 29.6 Å². The van der Waals surface area contributed by atoms with Crippen molar-refractivity contribution in [2.75, 3.05) is 5.32 Å². The van der Waals surface area contributed by atoms with Gasteiger partial charge in [0, 0.05) is 11.6 Å². The van der Waals surface area contributed by atoms with Crippen molar-refractivity contribution in [3.63, 3.8) is 0 Å². The minimum absolute atomic E-state index is 0.0189. The lowest BCUT2D eigenvalue weighted by molar-refractivity contribution is 0.0931. The van der Waals surface area contributed by atoms with Crippen molar-refractivity contribution in [3.8, 4) is 0 Å². The molecule has 2 aromatic rings. The average molecular weight is 299 g/mol. The number of aromatic nitrogens is 1. The molecule has 1 heterocycles. The van der Waals surface area contributed by atoms with Crippen molar-refractivity contribution < 1.29 is 14.0 Å². The smallest absolute Gasteiger partial charge is 0.302 e. The summed E-state index contributed by atoms with van der Waals surface area (Å²) in [6.45, 7) is 0. The van der Waals surface area contributed by atoms with E-state index in [0.717, 1.165) is 25.7 Å². The van der Waals surface area contributed by atoms with Crippen molar-refractivity contribution in [2.45, 2.75) is 31.7 Å². The Balaban J connectivity index is 1.61. The molecule has 0 unspecified atom stereocenters. The van der Waals surface area contributed by atoms with Gasteiger partial charge in [-0.2, -0.15) is 4.98 Å². The van der Waals surface area contributed by atoms with Crippen molar-refractivity contribution in [1.82, 2.24) is 10.3 Å². The van der Waals surface area contributed by atoms with Crippen LogP contribution in [0.15, 0.2) is 41.0 Å². The molecule has 6 heteroatoms. The van der Waals surface area contributed by atoms with Crippen LogP contribution in [0, 0.1) is 0 Å². The molecule has 1 aromatic carbocycles. The third-order valence-corrected chi connectivity index (χ3v) is 3.68. The molecule has 114 valence electrons. The Bertz CT molecular complexity index is 660. The molecule has 6 nitrogen and oxygen atoms in total. The van der Waals surface area contributed by atoms with Crippen molar-refractivity contribution in [2.24, 2.45) is 0 Å². The summed E-state index contributed by atoms with van der Waals surface area (Å²) >= 11 is 0. The first-order valence-electron chi connectivity index (χ1n) is 7.35. The van der Waals surface area contributed by atoms with Crippen LogP contribution in [-0.2, 0) is 0 Å². The first-order valence-corrected chi connectivity index (χ1v) is 7.35. The van der Waals surface area contributed by atoms with E-state index in [1.165, 1.54) is 6.26 Å². The van der Waals surface area contributed by atoms with Crippen LogP contribution in [0.2, 0.25) is 0 Å². The van der Waals surface area contributed by atoms with E-state index in [0.29, 0.717) is 5.56 Å². The van der Waals surface area contributed by atoms with Gasteiger partial charge in [0.1, 0.15) is 6.26 Å². The standard InChI is InChI=1S/C16H17N3O3/c20-14(11-6-2-1-3-7-11)19-16-18-13(10-22-16)15(21)17-12-8-4-5-9-12/h1-3,6-7,10,12H,4-5,8-9H2,(H,17,21)(H,18,19,20). The van der Waals surface area contributed by atoms with Crippen molar-refractivity contribution in [1.29, 1.82) is 0 Å². The fourth-order valence-corrected chi connectivity index (χ4v) is 2.52. The Morgan fingerprint density at radius 3 is 2.55 bits per heavy atom. The van der Waals surface area contributed by atoms with Gasteiger partial charge in [0.15, 0.2) is 5.69 Å². The summed E-state index contributed by atoms with van der Waals surface area (Å²) in [6.07, 6.45) is 5.54. The largest absolute Gasteiger partial charge is 0.431 e. The van der Waals surface area contributed by atoms with Crippen LogP contribution in [0.1, 0.15) is 46.5 Å². The SMILES string of the molecule is O=C(Nc1nc(C(=O)NC2CCCC2)co1)c1ccccc1. The van der Waals surface area contributed by atoms with Gasteiger partial charge in [0.25, 0.3) is 11.8 Å². The predicted molar refractivity (Wildman–Crippen MR) is 80.6 cm³/mol. The maximum absolute atomic E-state index is 12.0. The lowest BCUT2D eigenvalue weighted by Crippen LogP contribution is -2.32. The molecule has 3 rings (SSSR count). The number of rotatable bonds is 4. The Hall–Kier alpha value is -2.63. The lowest BCUT2D eigenvalue weighted by atomic mass is 10.2. The molecule has 2 amide bonds. The fraction of sp³-hybridized carbons (Fsp3) is 0.312. The highest BCUT2D eigenvalue weighted by atomic mass is 16.4. The molecule has 0 radical (unpaired) electrons. The predicted octanol–water partition coefficient (Wildman–Crippen LogP) is 2.60. The maximum Gasteiger partial charge on any atom is 0.302 e. The highest BCUT2D eigenvalue weighted by molar-refractivity contribution is 6.03. The summed E-state index contributed by atoms with van der Waals surface area (Å²) in [5.41, 5.74) is 0.674. The quantitative estimate of drug-likeness (QED) is 0.909. The molecular weight excluding hydrogens is 282 g/mol. The third-order valence-electron chi connectivity index (χ3n) is 3.68. The van der Waals surface area contributed by atoms with Crippen LogP contribution in [0.25, 0.3) is 0 Å². The van der Waals surface area contributed by atoms with Crippen LogP contribution in [0.4, 0.5) is 6.01 Å². The van der Waals surface area contributed by atoms with Gasteiger partial charge in [-0.15, -0.1) is 0 Å². The highest BCUT2D eigenvalue weighted by Crippen LogP contribution is 2.18. The number of hydrogen-bond acceptors (Lipinski definition) is 4. The van der Waals surface area contributed by atoms with Crippen LogP contribution < -0.4 is 10.6 Å². The Kier molecular flexibility index (Phi) is 4.18. The van der Waals surface area contributed by atoms with E-state index in [4.69, 9.17) is 4.42 Å². The number of carbonyl (C=O) groups is 2. The summed E-state index contributed by atoms with van der Waals surface area (Å²) in [6, 6.07) is 8.97. The zero-order valence-corrected chi connectivity index (χ0v) is 12.0. The van der Waals surface area contributed by atoms with Crippen LogP contribution in [0.5, 0.6) is 0 Å². The minimum atomic E-state index is -0.329. The monoisotopic (exact) mass is 299 g/mol.